The summed E-state index contributed by atoms with van der Waals surface area (Å²) in [6.07, 6.45) is 3.64. The molecular formula is C34H30N4Zn. The van der Waals surface area contributed by atoms with E-state index in [2.05, 4.69) is 70.2 Å². The molecule has 0 spiro atoms. The molecule has 4 heterocycles. The van der Waals surface area contributed by atoms with Crippen LogP contribution in [0.2, 0.25) is 0 Å². The first-order chi connectivity index (χ1) is 18.5. The Labute approximate surface area is 243 Å². The number of aromatic nitrogens is 4. The van der Waals surface area contributed by atoms with Gasteiger partial charge in [0.1, 0.15) is 0 Å². The molecule has 0 N–H and O–H groups in total. The molecule has 5 heteroatoms. The Morgan fingerprint density at radius 1 is 0.462 bits per heavy atom. The number of aryl methyl sites for hydroxylation is 4. The van der Waals surface area contributed by atoms with Crippen molar-refractivity contribution >= 4 is 0 Å². The molecule has 0 radical (unpaired) electrons. The van der Waals surface area contributed by atoms with Crippen molar-refractivity contribution in [1.29, 1.82) is 0 Å². The maximum absolute atomic E-state index is 4.64. The second-order valence-corrected chi connectivity index (χ2v) is 9.38. The number of nitrogens with zero attached hydrogens (tertiary/aromatic N) is 4. The molecule has 0 atom stereocenters. The van der Waals surface area contributed by atoms with Gasteiger partial charge >= 0.3 is 19.5 Å². The summed E-state index contributed by atoms with van der Waals surface area (Å²) in [7, 11) is 0. The molecule has 0 aliphatic carbocycles. The summed E-state index contributed by atoms with van der Waals surface area (Å²) in [5.74, 6) is 0. The topological polar surface area (TPSA) is 54.0 Å². The third kappa shape index (κ3) is 6.33. The van der Waals surface area contributed by atoms with Gasteiger partial charge < -0.3 is 9.97 Å². The fourth-order valence-electron chi connectivity index (χ4n) is 4.77. The van der Waals surface area contributed by atoms with Crippen LogP contribution in [-0.4, -0.2) is 9.97 Å². The van der Waals surface area contributed by atoms with Gasteiger partial charge in [-0.1, -0.05) is 97.8 Å². The number of pyridine rings is 2. The van der Waals surface area contributed by atoms with E-state index in [-0.39, 0.29) is 19.5 Å². The molecule has 2 aromatic carbocycles. The Morgan fingerprint density at radius 3 is 1.13 bits per heavy atom. The SMILES string of the molecule is Cc1cc(C)c(-c2ccccc2-c2ccccn2)[n-]1.Cc1cc(C)c(-c2ccccc2-c2ccccn2)[n-]1.[Zn+2]. The Balaban J connectivity index is 0.000000176. The van der Waals surface area contributed by atoms with Gasteiger partial charge in [0, 0.05) is 23.5 Å². The van der Waals surface area contributed by atoms with E-state index >= 15 is 0 Å². The Bertz CT molecular complexity index is 1520. The molecular weight excluding hydrogens is 530 g/mol. The van der Waals surface area contributed by atoms with Gasteiger partial charge in [0.2, 0.25) is 0 Å². The van der Waals surface area contributed by atoms with Gasteiger partial charge in [-0.15, -0.1) is 11.4 Å². The number of hydrogen-bond donors (Lipinski definition) is 0. The summed E-state index contributed by atoms with van der Waals surface area (Å²) >= 11 is 0. The van der Waals surface area contributed by atoms with E-state index in [0.29, 0.717) is 0 Å². The fourth-order valence-corrected chi connectivity index (χ4v) is 4.77. The van der Waals surface area contributed by atoms with E-state index in [4.69, 9.17) is 0 Å². The quantitative estimate of drug-likeness (QED) is 0.205. The van der Waals surface area contributed by atoms with Crippen LogP contribution in [-0.2, 0) is 19.5 Å². The van der Waals surface area contributed by atoms with Crippen LogP contribution in [0.25, 0.3) is 45.0 Å². The van der Waals surface area contributed by atoms with Crippen LogP contribution in [0, 0.1) is 27.7 Å². The van der Waals surface area contributed by atoms with E-state index in [1.807, 2.05) is 86.9 Å². The Morgan fingerprint density at radius 2 is 0.821 bits per heavy atom. The molecule has 4 aromatic heterocycles. The predicted octanol–water partition coefficient (Wildman–Crippen LogP) is 7.98. The fraction of sp³-hybridized carbons (Fsp3) is 0.118. The summed E-state index contributed by atoms with van der Waals surface area (Å²) < 4.78 is 0. The van der Waals surface area contributed by atoms with E-state index in [0.717, 1.165) is 56.4 Å². The minimum absolute atomic E-state index is 0. The largest absolute Gasteiger partial charge is 2.00 e. The first-order valence-electron chi connectivity index (χ1n) is 12.7. The first kappa shape index (κ1) is 27.9. The maximum atomic E-state index is 4.64. The van der Waals surface area contributed by atoms with Gasteiger partial charge in [-0.2, -0.15) is 11.4 Å². The van der Waals surface area contributed by atoms with Gasteiger partial charge in [-0.3, -0.25) is 9.97 Å². The van der Waals surface area contributed by atoms with E-state index in [1.54, 1.807) is 0 Å². The summed E-state index contributed by atoms with van der Waals surface area (Å²) in [6.45, 7) is 8.26. The zero-order valence-corrected chi connectivity index (χ0v) is 25.9. The van der Waals surface area contributed by atoms with E-state index < -0.39 is 0 Å². The second-order valence-electron chi connectivity index (χ2n) is 9.38. The molecule has 39 heavy (non-hydrogen) atoms. The Kier molecular flexibility index (Phi) is 9.06. The molecule has 6 rings (SSSR count). The van der Waals surface area contributed by atoms with Crippen LogP contribution in [0.15, 0.2) is 109 Å². The Hall–Kier alpha value is -4.08. The van der Waals surface area contributed by atoms with Crippen molar-refractivity contribution in [2.24, 2.45) is 0 Å². The summed E-state index contributed by atoms with van der Waals surface area (Å²) in [5.41, 5.74) is 13.2. The standard InChI is InChI=1S/2C17H15N2.Zn/c2*1-12-11-13(2)19-17(12)15-8-4-3-7-14(15)16-9-5-6-10-18-16;/h2*3-11H,1-2H3;/q2*-1;+2. The smallest absolute Gasteiger partial charge is 0.661 e. The van der Waals surface area contributed by atoms with Crippen LogP contribution in [0.1, 0.15) is 22.5 Å². The van der Waals surface area contributed by atoms with E-state index in [9.17, 15) is 0 Å². The molecule has 0 saturated carbocycles. The summed E-state index contributed by atoms with van der Waals surface area (Å²) in [6, 6.07) is 32.8. The maximum Gasteiger partial charge on any atom is 2.00 e. The van der Waals surface area contributed by atoms with Gasteiger partial charge in [-0.25, -0.2) is 0 Å². The van der Waals surface area contributed by atoms with Crippen molar-refractivity contribution in [2.75, 3.05) is 0 Å². The van der Waals surface area contributed by atoms with Crippen molar-refractivity contribution in [3.8, 4) is 45.0 Å². The van der Waals surface area contributed by atoms with Gasteiger partial charge in [0.05, 0.1) is 11.4 Å². The second kappa shape index (κ2) is 12.6. The molecule has 0 fully saturated rings. The van der Waals surface area contributed by atoms with Crippen molar-refractivity contribution in [3.63, 3.8) is 0 Å². The van der Waals surface area contributed by atoms with Gasteiger partial charge in [0.25, 0.3) is 0 Å². The van der Waals surface area contributed by atoms with Crippen molar-refractivity contribution in [2.45, 2.75) is 27.7 Å². The van der Waals surface area contributed by atoms with E-state index in [1.165, 1.54) is 11.1 Å². The zero-order valence-electron chi connectivity index (χ0n) is 22.9. The molecule has 4 nitrogen and oxygen atoms in total. The van der Waals surface area contributed by atoms with Crippen molar-refractivity contribution < 1.29 is 19.5 Å². The zero-order chi connectivity index (χ0) is 26.5. The normalized spacial score (nSPS) is 10.4. The molecule has 6 aromatic rings. The number of rotatable bonds is 4. The molecule has 0 bridgehead atoms. The summed E-state index contributed by atoms with van der Waals surface area (Å²) in [5, 5.41) is 0. The van der Waals surface area contributed by atoms with Gasteiger partial charge in [-0.05, 0) is 49.2 Å². The predicted molar refractivity (Wildman–Crippen MR) is 156 cm³/mol. The minimum atomic E-state index is 0. The third-order valence-corrected chi connectivity index (χ3v) is 6.42. The van der Waals surface area contributed by atoms with Crippen LogP contribution >= 0.6 is 0 Å². The number of benzene rings is 2. The molecule has 188 valence electrons. The third-order valence-electron chi connectivity index (χ3n) is 6.42. The number of hydrogen-bond acceptors (Lipinski definition) is 2. The average Bonchev–Trinajstić information content (AvgIpc) is 3.48. The van der Waals surface area contributed by atoms with Crippen molar-refractivity contribution in [1.82, 2.24) is 19.9 Å². The van der Waals surface area contributed by atoms with Gasteiger partial charge in [0.15, 0.2) is 0 Å². The minimum Gasteiger partial charge on any atom is -0.661 e. The molecule has 0 saturated heterocycles. The van der Waals surface area contributed by atoms with Crippen LogP contribution in [0.3, 0.4) is 0 Å². The average molecular weight is 560 g/mol. The van der Waals surface area contributed by atoms with Crippen LogP contribution in [0.5, 0.6) is 0 Å². The first-order valence-corrected chi connectivity index (χ1v) is 12.7. The molecule has 0 amide bonds. The monoisotopic (exact) mass is 558 g/mol. The molecule has 0 unspecified atom stereocenters. The molecule has 0 aliphatic rings. The van der Waals surface area contributed by atoms with Crippen LogP contribution < -0.4 is 9.97 Å². The van der Waals surface area contributed by atoms with Crippen LogP contribution in [0.4, 0.5) is 0 Å². The summed E-state index contributed by atoms with van der Waals surface area (Å²) in [4.78, 5) is 18.2. The van der Waals surface area contributed by atoms with Crippen molar-refractivity contribution in [3.05, 3.63) is 132 Å². The molecule has 0 aliphatic heterocycles.